The summed E-state index contributed by atoms with van der Waals surface area (Å²) in [5, 5.41) is 7.35. The molecule has 2 aromatic rings. The fourth-order valence-electron chi connectivity index (χ4n) is 1.77. The number of ether oxygens (including phenoxy) is 1. The molecule has 98 valence electrons. The van der Waals surface area contributed by atoms with E-state index in [1.165, 1.54) is 5.56 Å². The van der Waals surface area contributed by atoms with Crippen LogP contribution in [-0.4, -0.2) is 10.8 Å². The molecule has 4 nitrogen and oxygen atoms in total. The van der Waals surface area contributed by atoms with E-state index in [0.717, 1.165) is 18.6 Å². The first-order valence-electron chi connectivity index (χ1n) is 6.26. The molecule has 0 spiro atoms. The Hall–Kier alpha value is -2.36. The number of hydrogen-bond donors (Lipinski definition) is 2. The lowest BCUT2D eigenvalue weighted by atomic mass is 10.1. The Kier molecular flexibility index (Phi) is 4.13. The van der Waals surface area contributed by atoms with Gasteiger partial charge in [-0.2, -0.15) is 0 Å². The molecular formula is C15H17N3O. The zero-order valence-electron chi connectivity index (χ0n) is 10.9. The second-order valence-electron chi connectivity index (χ2n) is 4.29. The maximum absolute atomic E-state index is 7.35. The second kappa shape index (κ2) is 6.00. The van der Waals surface area contributed by atoms with Crippen molar-refractivity contribution in [3.63, 3.8) is 0 Å². The first-order chi connectivity index (χ1) is 9.19. The number of aryl methyl sites for hydroxylation is 1. The summed E-state index contributed by atoms with van der Waals surface area (Å²) >= 11 is 0. The normalized spacial score (nSPS) is 10.2. The highest BCUT2D eigenvalue weighted by Gasteiger charge is 2.02. The standard InChI is InChI=1S/C15H17N3O/c1-2-3-11-4-6-12(7-5-11)19-13-8-9-18-14(10-13)15(16)17/h4-10H,2-3H2,1H3,(H3,16,17). The highest BCUT2D eigenvalue weighted by molar-refractivity contribution is 5.93. The van der Waals surface area contributed by atoms with E-state index >= 15 is 0 Å². The number of nitrogen functional groups attached to an aromatic ring is 1. The van der Waals surface area contributed by atoms with Crippen molar-refractivity contribution >= 4 is 5.84 Å². The lowest BCUT2D eigenvalue weighted by Gasteiger charge is -2.07. The van der Waals surface area contributed by atoms with Gasteiger partial charge in [-0.15, -0.1) is 0 Å². The number of nitrogens with two attached hydrogens (primary N) is 1. The molecule has 0 bridgehead atoms. The number of nitrogens with zero attached hydrogens (tertiary/aromatic N) is 1. The second-order valence-corrected chi connectivity index (χ2v) is 4.29. The van der Waals surface area contributed by atoms with Gasteiger partial charge in [-0.3, -0.25) is 10.4 Å². The Morgan fingerprint density at radius 3 is 2.58 bits per heavy atom. The van der Waals surface area contributed by atoms with Crippen molar-refractivity contribution in [1.29, 1.82) is 5.41 Å². The van der Waals surface area contributed by atoms with Crippen LogP contribution < -0.4 is 10.5 Å². The molecule has 0 saturated heterocycles. The highest BCUT2D eigenvalue weighted by atomic mass is 16.5. The topological polar surface area (TPSA) is 72.0 Å². The molecule has 4 heteroatoms. The number of aromatic nitrogens is 1. The molecule has 1 heterocycles. The van der Waals surface area contributed by atoms with Crippen LogP contribution in [0.2, 0.25) is 0 Å². The van der Waals surface area contributed by atoms with Gasteiger partial charge in [0.15, 0.2) is 0 Å². The lowest BCUT2D eigenvalue weighted by Crippen LogP contribution is -2.12. The van der Waals surface area contributed by atoms with E-state index in [9.17, 15) is 0 Å². The van der Waals surface area contributed by atoms with E-state index in [-0.39, 0.29) is 5.84 Å². The molecule has 3 N–H and O–H groups in total. The molecule has 0 aliphatic rings. The Labute approximate surface area is 112 Å². The first-order valence-corrected chi connectivity index (χ1v) is 6.26. The van der Waals surface area contributed by atoms with Gasteiger partial charge in [0.2, 0.25) is 0 Å². The molecule has 0 unspecified atom stereocenters. The Balaban J connectivity index is 2.12. The number of hydrogen-bond acceptors (Lipinski definition) is 3. The number of nitrogens with one attached hydrogen (secondary N) is 1. The minimum Gasteiger partial charge on any atom is -0.457 e. The van der Waals surface area contributed by atoms with E-state index in [0.29, 0.717) is 11.4 Å². The van der Waals surface area contributed by atoms with Crippen LogP contribution in [0.15, 0.2) is 42.6 Å². The van der Waals surface area contributed by atoms with Crippen LogP contribution >= 0.6 is 0 Å². The fraction of sp³-hybridized carbons (Fsp3) is 0.200. The molecule has 0 aliphatic heterocycles. The van der Waals surface area contributed by atoms with Crippen LogP contribution in [0.25, 0.3) is 0 Å². The summed E-state index contributed by atoms with van der Waals surface area (Å²) in [5.41, 5.74) is 7.11. The monoisotopic (exact) mass is 255 g/mol. The van der Waals surface area contributed by atoms with Gasteiger partial charge in [0.05, 0.1) is 0 Å². The molecule has 0 saturated carbocycles. The molecule has 1 aromatic carbocycles. The Bertz CT molecular complexity index is 564. The van der Waals surface area contributed by atoms with Crippen molar-refractivity contribution in [2.45, 2.75) is 19.8 Å². The largest absolute Gasteiger partial charge is 0.457 e. The molecular weight excluding hydrogens is 238 g/mol. The van der Waals surface area contributed by atoms with E-state index < -0.39 is 0 Å². The number of amidine groups is 1. The summed E-state index contributed by atoms with van der Waals surface area (Å²) in [6.07, 6.45) is 3.79. The van der Waals surface area contributed by atoms with Crippen LogP contribution in [0.1, 0.15) is 24.6 Å². The summed E-state index contributed by atoms with van der Waals surface area (Å²) in [4.78, 5) is 3.99. The first kappa shape index (κ1) is 13.1. The van der Waals surface area contributed by atoms with Gasteiger partial charge < -0.3 is 10.5 Å². The van der Waals surface area contributed by atoms with E-state index in [1.54, 1.807) is 18.3 Å². The van der Waals surface area contributed by atoms with E-state index in [4.69, 9.17) is 15.9 Å². The summed E-state index contributed by atoms with van der Waals surface area (Å²) in [6.45, 7) is 2.16. The Morgan fingerprint density at radius 1 is 1.21 bits per heavy atom. The van der Waals surface area contributed by atoms with Crippen molar-refractivity contribution in [2.75, 3.05) is 0 Å². The zero-order chi connectivity index (χ0) is 13.7. The van der Waals surface area contributed by atoms with Crippen molar-refractivity contribution in [3.8, 4) is 11.5 Å². The minimum absolute atomic E-state index is 0.0660. The predicted octanol–water partition coefficient (Wildman–Crippen LogP) is 3.11. The van der Waals surface area contributed by atoms with Gasteiger partial charge in [-0.1, -0.05) is 25.5 Å². The third kappa shape index (κ3) is 3.55. The maximum Gasteiger partial charge on any atom is 0.141 e. The Morgan fingerprint density at radius 2 is 1.95 bits per heavy atom. The van der Waals surface area contributed by atoms with Crippen molar-refractivity contribution in [1.82, 2.24) is 4.98 Å². The molecule has 0 atom stereocenters. The average molecular weight is 255 g/mol. The smallest absolute Gasteiger partial charge is 0.141 e. The summed E-state index contributed by atoms with van der Waals surface area (Å²) in [6, 6.07) is 11.4. The van der Waals surface area contributed by atoms with Gasteiger partial charge in [-0.05, 0) is 30.2 Å². The maximum atomic E-state index is 7.35. The summed E-state index contributed by atoms with van der Waals surface area (Å²) in [7, 11) is 0. The molecule has 2 rings (SSSR count). The van der Waals surface area contributed by atoms with Gasteiger partial charge >= 0.3 is 0 Å². The van der Waals surface area contributed by atoms with Gasteiger partial charge in [0.1, 0.15) is 23.0 Å². The van der Waals surface area contributed by atoms with Gasteiger partial charge in [-0.25, -0.2) is 0 Å². The van der Waals surface area contributed by atoms with E-state index in [1.807, 2.05) is 12.1 Å². The van der Waals surface area contributed by atoms with Crippen molar-refractivity contribution < 1.29 is 4.74 Å². The lowest BCUT2D eigenvalue weighted by molar-refractivity contribution is 0.481. The molecule has 0 fully saturated rings. The number of benzene rings is 1. The van der Waals surface area contributed by atoms with Gasteiger partial charge in [0.25, 0.3) is 0 Å². The third-order valence-electron chi connectivity index (χ3n) is 2.71. The summed E-state index contributed by atoms with van der Waals surface area (Å²) < 4.78 is 5.71. The van der Waals surface area contributed by atoms with Gasteiger partial charge in [0, 0.05) is 12.3 Å². The molecule has 1 aromatic heterocycles. The van der Waals surface area contributed by atoms with Crippen molar-refractivity contribution in [3.05, 3.63) is 53.9 Å². The zero-order valence-corrected chi connectivity index (χ0v) is 10.9. The SMILES string of the molecule is CCCc1ccc(Oc2ccnc(C(=N)N)c2)cc1. The molecule has 0 aliphatic carbocycles. The highest BCUT2D eigenvalue weighted by Crippen LogP contribution is 2.22. The number of pyridine rings is 1. The van der Waals surface area contributed by atoms with Crippen LogP contribution in [0.4, 0.5) is 0 Å². The predicted molar refractivity (Wildman–Crippen MR) is 75.8 cm³/mol. The van der Waals surface area contributed by atoms with E-state index in [2.05, 4.69) is 24.0 Å². The van der Waals surface area contributed by atoms with Crippen LogP contribution in [0.3, 0.4) is 0 Å². The fourth-order valence-corrected chi connectivity index (χ4v) is 1.77. The average Bonchev–Trinajstić information content (AvgIpc) is 2.42. The number of rotatable bonds is 5. The van der Waals surface area contributed by atoms with Crippen LogP contribution in [0, 0.1) is 5.41 Å². The molecule has 0 amide bonds. The van der Waals surface area contributed by atoms with Crippen LogP contribution in [0.5, 0.6) is 11.5 Å². The minimum atomic E-state index is -0.0660. The molecule has 19 heavy (non-hydrogen) atoms. The third-order valence-corrected chi connectivity index (χ3v) is 2.71. The van der Waals surface area contributed by atoms with Crippen molar-refractivity contribution in [2.24, 2.45) is 5.73 Å². The quantitative estimate of drug-likeness (QED) is 0.637. The van der Waals surface area contributed by atoms with Crippen LogP contribution in [-0.2, 0) is 6.42 Å². The summed E-state index contributed by atoms with van der Waals surface area (Å²) in [5.74, 6) is 1.33. The molecule has 0 radical (unpaired) electrons.